The van der Waals surface area contributed by atoms with Gasteiger partial charge in [-0.25, -0.2) is 29.9 Å². The summed E-state index contributed by atoms with van der Waals surface area (Å²) in [6, 6.07) is 193. The van der Waals surface area contributed by atoms with Crippen molar-refractivity contribution < 1.29 is 0 Å². The summed E-state index contributed by atoms with van der Waals surface area (Å²) in [5, 5.41) is 14.9. The number of para-hydroxylation sites is 9. The molecule has 12 nitrogen and oxygen atoms in total. The van der Waals surface area contributed by atoms with Crippen LogP contribution in [-0.4, -0.2) is 57.3 Å². The second kappa shape index (κ2) is 37.1. The SMILES string of the molecule is c1ccc(-c2cc(-c3ccc(-n4c5ccccc5c5cc6c7ccccc7n(-c7ccccc7)c6cc54)cc3)nc(-c3ccccc3)n2)cc1.c1ccc(-c2cc(-c3ccc(-n4c5ccccc5c5ccc6c(c7ccccc7n6-c6ccccc6)c54)cc3)nc(-c3ccccc3)n2)cc1.c1ccc(-c2cc(-c3ccc(-n4c5ccccc5c5ccc6c7ccccc7n(-c7ccccc7)c6c54)cc3)nc(-c3ccccc3)n2)cc1. The number of benzene rings is 21. The number of rotatable bonds is 15. The van der Waals surface area contributed by atoms with Gasteiger partial charge < -0.3 is 27.4 Å². The van der Waals surface area contributed by atoms with Gasteiger partial charge in [-0.15, -0.1) is 0 Å². The summed E-state index contributed by atoms with van der Waals surface area (Å²) < 4.78 is 14.5. The van der Waals surface area contributed by atoms with Crippen LogP contribution in [0.25, 0.3) is 267 Å². The molecule has 0 N–H and O–H groups in total. The standard InChI is InChI=1S/3C46H30N4/c1-4-14-31(15-5-1)40-29-41(48-46(47-40)33-16-6-2-7-17-33)32-24-26-35(27-25-32)50-43-23-13-11-21-37(43)39-28-38-36-20-10-12-22-42(36)49(44(38)30-45(39)50)34-18-8-3-9-19-34;1-4-14-31(15-5-1)39-30-40(48-46(47-39)33-16-6-2-7-17-33)32-24-26-35(27-25-32)50-41-22-12-10-20-36(41)37-28-29-43-44(45(37)50)38-21-11-13-23-42(38)49(43)34-18-8-3-9-19-34;1-4-14-31(15-5-1)40-30-41(48-46(47-40)33-16-6-2-7-17-33)32-24-26-35(27-25-32)50-43-23-13-11-21-37(43)39-29-28-38-36-20-10-12-22-42(36)49(44(38)45(39)50)34-18-8-3-9-19-34/h3*1-30H. The van der Waals surface area contributed by atoms with Gasteiger partial charge in [-0.05, 0) is 146 Å². The Labute approximate surface area is 863 Å². The maximum Gasteiger partial charge on any atom is 0.160 e. The van der Waals surface area contributed by atoms with Gasteiger partial charge >= 0.3 is 0 Å². The molecule has 21 aromatic carbocycles. The van der Waals surface area contributed by atoms with Crippen LogP contribution >= 0.6 is 0 Å². The van der Waals surface area contributed by atoms with E-state index in [0.29, 0.717) is 17.5 Å². The Hall–Kier alpha value is -20.3. The minimum absolute atomic E-state index is 0.713. The molecule has 0 radical (unpaired) electrons. The summed E-state index contributed by atoms with van der Waals surface area (Å²) in [7, 11) is 0. The number of fused-ring (bicyclic) bond motifs is 20. The summed E-state index contributed by atoms with van der Waals surface area (Å²) >= 11 is 0. The first-order valence-corrected chi connectivity index (χ1v) is 50.8. The second-order valence-corrected chi connectivity index (χ2v) is 37.9. The maximum absolute atomic E-state index is 5.08. The maximum atomic E-state index is 5.08. The van der Waals surface area contributed by atoms with Crippen LogP contribution < -0.4 is 0 Å². The van der Waals surface area contributed by atoms with Gasteiger partial charge in [0.1, 0.15) is 0 Å². The van der Waals surface area contributed by atoms with E-state index in [0.717, 1.165) is 118 Å². The van der Waals surface area contributed by atoms with Crippen LogP contribution in [0.3, 0.4) is 0 Å². The van der Waals surface area contributed by atoms with Crippen molar-refractivity contribution in [2.75, 3.05) is 0 Å². The molecule has 0 saturated heterocycles. The van der Waals surface area contributed by atoms with Crippen LogP contribution in [0.5, 0.6) is 0 Å². The summed E-state index contributed by atoms with van der Waals surface area (Å²) in [5.41, 5.74) is 35.7. The monoisotopic (exact) mass is 1910 g/mol. The molecule has 9 aromatic heterocycles. The molecule has 0 fully saturated rings. The highest BCUT2D eigenvalue weighted by atomic mass is 15.1. The topological polar surface area (TPSA) is 107 Å². The second-order valence-electron chi connectivity index (χ2n) is 37.9. The van der Waals surface area contributed by atoms with Crippen LogP contribution in [0, 0.1) is 0 Å². The van der Waals surface area contributed by atoms with Crippen LogP contribution in [0.1, 0.15) is 0 Å². The molecule has 9 heterocycles. The molecule has 0 aliphatic rings. The van der Waals surface area contributed by atoms with E-state index in [1.54, 1.807) is 0 Å². The zero-order chi connectivity index (χ0) is 99.1. The van der Waals surface area contributed by atoms with Crippen molar-refractivity contribution >= 4 is 131 Å². The minimum Gasteiger partial charge on any atom is -0.309 e. The zero-order valence-corrected chi connectivity index (χ0v) is 81.3. The first kappa shape index (κ1) is 87.5. The fourth-order valence-corrected chi connectivity index (χ4v) is 22.4. The Morgan fingerprint density at radius 2 is 0.320 bits per heavy atom. The van der Waals surface area contributed by atoms with Gasteiger partial charge in [0.05, 0.1) is 100 Å². The molecule has 702 valence electrons. The Morgan fingerprint density at radius 3 is 0.633 bits per heavy atom. The van der Waals surface area contributed by atoms with E-state index in [1.807, 2.05) is 109 Å². The summed E-state index contributed by atoms with van der Waals surface area (Å²) in [4.78, 5) is 30.2. The molecule has 0 aliphatic carbocycles. The molecule has 150 heavy (non-hydrogen) atoms. The van der Waals surface area contributed by atoms with E-state index in [4.69, 9.17) is 29.9 Å². The van der Waals surface area contributed by atoms with Crippen LogP contribution in [0.4, 0.5) is 0 Å². The van der Waals surface area contributed by atoms with Crippen LogP contribution in [0.2, 0.25) is 0 Å². The van der Waals surface area contributed by atoms with Crippen LogP contribution in [0.15, 0.2) is 546 Å². The average Bonchev–Trinajstić information content (AvgIpc) is 1.55. The third kappa shape index (κ3) is 15.3. The van der Waals surface area contributed by atoms with Crippen molar-refractivity contribution in [1.29, 1.82) is 0 Å². The molecule has 12 heteroatoms. The smallest absolute Gasteiger partial charge is 0.160 e. The summed E-state index contributed by atoms with van der Waals surface area (Å²) in [6.45, 7) is 0. The molecule has 30 aromatic rings. The molecule has 0 saturated carbocycles. The number of aromatic nitrogens is 12. The molecule has 0 aliphatic heterocycles. The van der Waals surface area contributed by atoms with E-state index in [2.05, 4.69) is 464 Å². The molecule has 0 amide bonds. The van der Waals surface area contributed by atoms with Crippen molar-refractivity contribution in [1.82, 2.24) is 57.3 Å². The Bertz CT molecular complexity index is 10200. The van der Waals surface area contributed by atoms with Crippen molar-refractivity contribution in [3.63, 3.8) is 0 Å². The van der Waals surface area contributed by atoms with Crippen molar-refractivity contribution in [2.24, 2.45) is 0 Å². The molecule has 0 unspecified atom stereocenters. The van der Waals surface area contributed by atoms with Crippen molar-refractivity contribution in [3.8, 4) is 136 Å². The fourth-order valence-electron chi connectivity index (χ4n) is 22.4. The van der Waals surface area contributed by atoms with E-state index in [9.17, 15) is 0 Å². The Balaban J connectivity index is 0.000000108. The molecule has 0 bridgehead atoms. The lowest BCUT2D eigenvalue weighted by Gasteiger charge is -2.13. The highest BCUT2D eigenvalue weighted by Crippen LogP contribution is 2.48. The van der Waals surface area contributed by atoms with Crippen LogP contribution in [-0.2, 0) is 0 Å². The number of hydrogen-bond acceptors (Lipinski definition) is 6. The first-order chi connectivity index (χ1) is 74.4. The highest BCUT2D eigenvalue weighted by Gasteiger charge is 2.27. The normalized spacial score (nSPS) is 11.6. The molecular formula is C138H90N12. The molecule has 30 rings (SSSR count). The highest BCUT2D eigenvalue weighted by molar-refractivity contribution is 6.27. The lowest BCUT2D eigenvalue weighted by atomic mass is 10.1. The van der Waals surface area contributed by atoms with E-state index < -0.39 is 0 Å². The van der Waals surface area contributed by atoms with Gasteiger partial charge in [0.25, 0.3) is 0 Å². The Morgan fingerprint density at radius 1 is 0.113 bits per heavy atom. The summed E-state index contributed by atoms with van der Waals surface area (Å²) in [6.07, 6.45) is 0. The zero-order valence-electron chi connectivity index (χ0n) is 81.3. The van der Waals surface area contributed by atoms with Gasteiger partial charge in [0, 0.05) is 149 Å². The quantitative estimate of drug-likeness (QED) is 0.101. The predicted molar refractivity (Wildman–Crippen MR) is 621 cm³/mol. The van der Waals surface area contributed by atoms with E-state index in [1.165, 1.54) is 131 Å². The molecular weight excluding hydrogens is 1830 g/mol. The van der Waals surface area contributed by atoms with Gasteiger partial charge in [0.2, 0.25) is 0 Å². The fraction of sp³-hybridized carbons (Fsp3) is 0. The van der Waals surface area contributed by atoms with Gasteiger partial charge in [-0.2, -0.15) is 0 Å². The van der Waals surface area contributed by atoms with Gasteiger partial charge in [-0.3, -0.25) is 0 Å². The molecule has 0 atom stereocenters. The number of hydrogen-bond donors (Lipinski definition) is 0. The molecule has 0 spiro atoms. The lowest BCUT2D eigenvalue weighted by molar-refractivity contribution is 1.15. The first-order valence-electron chi connectivity index (χ1n) is 50.8. The van der Waals surface area contributed by atoms with Gasteiger partial charge in [-0.1, -0.05) is 400 Å². The number of nitrogens with zero attached hydrogens (tertiary/aromatic N) is 12. The lowest BCUT2D eigenvalue weighted by Crippen LogP contribution is -1.99. The van der Waals surface area contributed by atoms with Crippen molar-refractivity contribution in [3.05, 3.63) is 546 Å². The van der Waals surface area contributed by atoms with E-state index >= 15 is 0 Å². The largest absolute Gasteiger partial charge is 0.309 e. The van der Waals surface area contributed by atoms with E-state index in [-0.39, 0.29) is 0 Å². The van der Waals surface area contributed by atoms with Crippen molar-refractivity contribution in [2.45, 2.75) is 0 Å². The average molecular weight is 1920 g/mol. The predicted octanol–water partition coefficient (Wildman–Crippen LogP) is 35.0. The third-order valence-corrected chi connectivity index (χ3v) is 29.2. The third-order valence-electron chi connectivity index (χ3n) is 29.2. The van der Waals surface area contributed by atoms with Gasteiger partial charge in [0.15, 0.2) is 17.5 Å². The summed E-state index contributed by atoms with van der Waals surface area (Å²) in [5.74, 6) is 2.14. The Kier molecular flexibility index (Phi) is 21.6. The minimum atomic E-state index is 0.713.